The molecule has 0 spiro atoms. The maximum atomic E-state index is 11.0. The van der Waals surface area contributed by atoms with Crippen LogP contribution in [0.2, 0.25) is 0 Å². The number of benzene rings is 1. The number of ether oxygens (including phenoxy) is 1. The van der Waals surface area contributed by atoms with Gasteiger partial charge >= 0.3 is 0 Å². The SMILES string of the molecule is COCC(C)CNc1ccc(NS(C)(=O)=O)cc1. The monoisotopic (exact) mass is 272 g/mol. The predicted octanol–water partition coefficient (Wildman–Crippen LogP) is 1.75. The summed E-state index contributed by atoms with van der Waals surface area (Å²) >= 11 is 0. The lowest BCUT2D eigenvalue weighted by Gasteiger charge is -2.13. The minimum Gasteiger partial charge on any atom is -0.385 e. The molecule has 0 aliphatic heterocycles. The summed E-state index contributed by atoms with van der Waals surface area (Å²) in [6, 6.07) is 7.13. The van der Waals surface area contributed by atoms with Gasteiger partial charge in [0.2, 0.25) is 10.0 Å². The Balaban J connectivity index is 2.50. The number of rotatable bonds is 7. The van der Waals surface area contributed by atoms with Gasteiger partial charge in [-0.3, -0.25) is 4.72 Å². The lowest BCUT2D eigenvalue weighted by atomic mass is 10.2. The molecule has 1 aromatic carbocycles. The van der Waals surface area contributed by atoms with Crippen LogP contribution < -0.4 is 10.0 Å². The second kappa shape index (κ2) is 6.61. The fraction of sp³-hybridized carbons (Fsp3) is 0.500. The first-order chi connectivity index (χ1) is 8.40. The van der Waals surface area contributed by atoms with E-state index in [0.717, 1.165) is 18.5 Å². The molecule has 1 atom stereocenters. The quantitative estimate of drug-likeness (QED) is 0.793. The highest BCUT2D eigenvalue weighted by atomic mass is 32.2. The highest BCUT2D eigenvalue weighted by Crippen LogP contribution is 2.14. The molecule has 0 fully saturated rings. The Labute approximate surface area is 109 Å². The molecule has 0 saturated heterocycles. The van der Waals surface area contributed by atoms with Gasteiger partial charge in [0.05, 0.1) is 12.9 Å². The van der Waals surface area contributed by atoms with E-state index in [1.54, 1.807) is 19.2 Å². The van der Waals surface area contributed by atoms with Gasteiger partial charge in [-0.25, -0.2) is 8.42 Å². The normalized spacial score (nSPS) is 13.1. The molecule has 0 aromatic heterocycles. The number of nitrogens with one attached hydrogen (secondary N) is 2. The summed E-state index contributed by atoms with van der Waals surface area (Å²) in [5.74, 6) is 0.420. The zero-order chi connectivity index (χ0) is 13.6. The number of hydrogen-bond acceptors (Lipinski definition) is 4. The van der Waals surface area contributed by atoms with Crippen LogP contribution in [0.4, 0.5) is 11.4 Å². The zero-order valence-corrected chi connectivity index (χ0v) is 11.8. The van der Waals surface area contributed by atoms with Crippen LogP contribution in [0.3, 0.4) is 0 Å². The Morgan fingerprint density at radius 1 is 1.22 bits per heavy atom. The summed E-state index contributed by atoms with van der Waals surface area (Å²) in [6.07, 6.45) is 1.13. The van der Waals surface area contributed by atoms with Crippen molar-refractivity contribution in [3.05, 3.63) is 24.3 Å². The third-order valence-electron chi connectivity index (χ3n) is 2.29. The minimum atomic E-state index is -3.21. The Bertz CT molecular complexity index is 457. The van der Waals surface area contributed by atoms with Crippen molar-refractivity contribution in [1.29, 1.82) is 0 Å². The van der Waals surface area contributed by atoms with E-state index in [4.69, 9.17) is 4.74 Å². The fourth-order valence-electron chi connectivity index (χ4n) is 1.51. The maximum absolute atomic E-state index is 11.0. The van der Waals surface area contributed by atoms with Gasteiger partial charge < -0.3 is 10.1 Å². The second-order valence-corrected chi connectivity index (χ2v) is 6.14. The molecule has 0 bridgehead atoms. The van der Waals surface area contributed by atoms with Gasteiger partial charge in [-0.05, 0) is 30.2 Å². The average molecular weight is 272 g/mol. The molecule has 0 heterocycles. The summed E-state index contributed by atoms with van der Waals surface area (Å²) in [5, 5.41) is 3.26. The van der Waals surface area contributed by atoms with E-state index in [9.17, 15) is 8.42 Å². The fourth-order valence-corrected chi connectivity index (χ4v) is 2.07. The van der Waals surface area contributed by atoms with Crippen molar-refractivity contribution >= 4 is 21.4 Å². The standard InChI is InChI=1S/C12H20N2O3S/c1-10(9-17-2)8-13-11-4-6-12(7-5-11)14-18(3,15)16/h4-7,10,13-14H,8-9H2,1-3H3. The van der Waals surface area contributed by atoms with E-state index in [-0.39, 0.29) is 0 Å². The number of anilines is 2. The van der Waals surface area contributed by atoms with E-state index in [1.807, 2.05) is 12.1 Å². The Morgan fingerprint density at radius 2 is 1.78 bits per heavy atom. The molecule has 0 amide bonds. The van der Waals surface area contributed by atoms with Gasteiger partial charge in [0.25, 0.3) is 0 Å². The van der Waals surface area contributed by atoms with Gasteiger partial charge in [-0.1, -0.05) is 6.92 Å². The van der Waals surface area contributed by atoms with Crippen LogP contribution in [0.15, 0.2) is 24.3 Å². The van der Waals surface area contributed by atoms with Crippen LogP contribution in [-0.4, -0.2) is 34.9 Å². The third-order valence-corrected chi connectivity index (χ3v) is 2.90. The lowest BCUT2D eigenvalue weighted by Crippen LogP contribution is -2.15. The molecule has 0 aliphatic carbocycles. The van der Waals surface area contributed by atoms with E-state index < -0.39 is 10.0 Å². The Hall–Kier alpha value is -1.27. The maximum Gasteiger partial charge on any atom is 0.229 e. The molecule has 0 radical (unpaired) electrons. The van der Waals surface area contributed by atoms with E-state index in [0.29, 0.717) is 18.2 Å². The van der Waals surface area contributed by atoms with Gasteiger partial charge in [0.15, 0.2) is 0 Å². The first kappa shape index (κ1) is 14.8. The smallest absolute Gasteiger partial charge is 0.229 e. The second-order valence-electron chi connectivity index (χ2n) is 4.39. The van der Waals surface area contributed by atoms with E-state index >= 15 is 0 Å². The summed E-state index contributed by atoms with van der Waals surface area (Å²) in [4.78, 5) is 0. The van der Waals surface area contributed by atoms with Crippen LogP contribution in [0.5, 0.6) is 0 Å². The van der Waals surface area contributed by atoms with Gasteiger partial charge in [0.1, 0.15) is 0 Å². The van der Waals surface area contributed by atoms with Crippen LogP contribution in [0, 0.1) is 5.92 Å². The van der Waals surface area contributed by atoms with Gasteiger partial charge in [-0.15, -0.1) is 0 Å². The number of methoxy groups -OCH3 is 1. The predicted molar refractivity (Wildman–Crippen MR) is 74.4 cm³/mol. The summed E-state index contributed by atoms with van der Waals surface area (Å²) < 4.78 is 29.5. The summed E-state index contributed by atoms with van der Waals surface area (Å²) in [5.41, 5.74) is 1.52. The van der Waals surface area contributed by atoms with Crippen LogP contribution in [0.25, 0.3) is 0 Å². The van der Waals surface area contributed by atoms with Crippen molar-refractivity contribution < 1.29 is 13.2 Å². The lowest BCUT2D eigenvalue weighted by molar-refractivity contribution is 0.164. The highest BCUT2D eigenvalue weighted by Gasteiger charge is 2.03. The van der Waals surface area contributed by atoms with Gasteiger partial charge in [0, 0.05) is 25.0 Å². The molecule has 6 heteroatoms. The molecule has 1 rings (SSSR count). The molecule has 0 aliphatic rings. The van der Waals surface area contributed by atoms with Crippen molar-refractivity contribution in [1.82, 2.24) is 0 Å². The topological polar surface area (TPSA) is 67.4 Å². The minimum absolute atomic E-state index is 0.420. The molecule has 0 saturated carbocycles. The molecule has 2 N–H and O–H groups in total. The van der Waals surface area contributed by atoms with E-state index in [2.05, 4.69) is 17.0 Å². The molecule has 5 nitrogen and oxygen atoms in total. The zero-order valence-electron chi connectivity index (χ0n) is 10.9. The van der Waals surface area contributed by atoms with E-state index in [1.165, 1.54) is 0 Å². The van der Waals surface area contributed by atoms with Gasteiger partial charge in [-0.2, -0.15) is 0 Å². The molecule has 1 aromatic rings. The number of hydrogen-bond donors (Lipinski definition) is 2. The summed E-state index contributed by atoms with van der Waals surface area (Å²) in [7, 11) is -1.53. The largest absolute Gasteiger partial charge is 0.385 e. The number of sulfonamides is 1. The molecular weight excluding hydrogens is 252 g/mol. The molecule has 18 heavy (non-hydrogen) atoms. The average Bonchev–Trinajstić information content (AvgIpc) is 2.26. The van der Waals surface area contributed by atoms with Crippen molar-refractivity contribution in [3.8, 4) is 0 Å². The molecule has 1 unspecified atom stereocenters. The Morgan fingerprint density at radius 3 is 2.28 bits per heavy atom. The Kier molecular flexibility index (Phi) is 5.43. The van der Waals surface area contributed by atoms with Crippen LogP contribution in [-0.2, 0) is 14.8 Å². The third kappa shape index (κ3) is 5.88. The summed E-state index contributed by atoms with van der Waals surface area (Å²) in [6.45, 7) is 3.61. The van der Waals surface area contributed by atoms with Crippen molar-refractivity contribution in [2.45, 2.75) is 6.92 Å². The highest BCUT2D eigenvalue weighted by molar-refractivity contribution is 7.92. The van der Waals surface area contributed by atoms with Crippen molar-refractivity contribution in [3.63, 3.8) is 0 Å². The van der Waals surface area contributed by atoms with Crippen LogP contribution >= 0.6 is 0 Å². The van der Waals surface area contributed by atoms with Crippen molar-refractivity contribution in [2.24, 2.45) is 5.92 Å². The first-order valence-electron chi connectivity index (χ1n) is 5.71. The van der Waals surface area contributed by atoms with Crippen LogP contribution in [0.1, 0.15) is 6.92 Å². The first-order valence-corrected chi connectivity index (χ1v) is 7.60. The van der Waals surface area contributed by atoms with Crippen molar-refractivity contribution in [2.75, 3.05) is 36.6 Å². The molecular formula is C12H20N2O3S. The molecule has 102 valence electrons.